The maximum atomic E-state index is 13.3. The summed E-state index contributed by atoms with van der Waals surface area (Å²) in [4.78, 5) is 30.8. The predicted molar refractivity (Wildman–Crippen MR) is 140 cm³/mol. The molecule has 1 amide bonds. The number of fused-ring (bicyclic) bond motifs is 1. The lowest BCUT2D eigenvalue weighted by molar-refractivity contribution is -0.142. The number of aryl methyl sites for hydroxylation is 1. The van der Waals surface area contributed by atoms with Gasteiger partial charge in [0.05, 0.1) is 6.10 Å². The van der Waals surface area contributed by atoms with Crippen molar-refractivity contribution in [2.45, 2.75) is 78.4 Å². The fourth-order valence-corrected chi connectivity index (χ4v) is 4.41. The molecule has 1 aliphatic rings. The lowest BCUT2D eigenvalue weighted by Crippen LogP contribution is -2.45. The van der Waals surface area contributed by atoms with Gasteiger partial charge in [-0.25, -0.2) is 14.2 Å². The molecule has 3 unspecified atom stereocenters. The van der Waals surface area contributed by atoms with E-state index in [4.69, 9.17) is 9.72 Å². The molecule has 9 heteroatoms. The number of carboxylic acid groups (broad SMARTS) is 1. The summed E-state index contributed by atoms with van der Waals surface area (Å²) in [5.74, 6) is 0.268. The molecule has 0 aliphatic carbocycles. The van der Waals surface area contributed by atoms with Crippen molar-refractivity contribution in [1.82, 2.24) is 15.2 Å². The Bertz CT molecular complexity index is 842. The van der Waals surface area contributed by atoms with Crippen molar-refractivity contribution in [2.24, 2.45) is 11.3 Å². The van der Waals surface area contributed by atoms with Crippen LogP contribution in [0.1, 0.15) is 64.6 Å². The van der Waals surface area contributed by atoms with Crippen LogP contribution in [-0.4, -0.2) is 79.0 Å². The summed E-state index contributed by atoms with van der Waals surface area (Å²) in [6.45, 7) is 9.84. The minimum absolute atomic E-state index is 0.229. The van der Waals surface area contributed by atoms with Crippen LogP contribution in [0.15, 0.2) is 12.1 Å². The molecule has 0 saturated carbocycles. The van der Waals surface area contributed by atoms with Gasteiger partial charge in [0.2, 0.25) is 5.91 Å². The van der Waals surface area contributed by atoms with Crippen molar-refractivity contribution in [3.8, 4) is 0 Å². The number of unbranched alkanes of at least 4 members (excludes halogenated alkanes) is 1. The number of ether oxygens (including phenoxy) is 1. The monoisotopic (exact) mass is 508 g/mol. The van der Waals surface area contributed by atoms with E-state index in [0.29, 0.717) is 25.6 Å². The van der Waals surface area contributed by atoms with Gasteiger partial charge in [0, 0.05) is 38.9 Å². The largest absolute Gasteiger partial charge is 0.480 e. The van der Waals surface area contributed by atoms with Gasteiger partial charge in [0.1, 0.15) is 18.5 Å². The Balaban J connectivity index is 1.89. The summed E-state index contributed by atoms with van der Waals surface area (Å²) in [5.41, 5.74) is 2.09. The molecule has 0 spiro atoms. The van der Waals surface area contributed by atoms with Gasteiger partial charge >= 0.3 is 5.97 Å². The van der Waals surface area contributed by atoms with Gasteiger partial charge in [-0.15, -0.1) is 0 Å². The molecule has 204 valence electrons. The zero-order chi connectivity index (χ0) is 26.7. The quantitative estimate of drug-likeness (QED) is 0.311. The highest BCUT2D eigenvalue weighted by Crippen LogP contribution is 2.23. The van der Waals surface area contributed by atoms with Crippen molar-refractivity contribution in [3.63, 3.8) is 0 Å². The van der Waals surface area contributed by atoms with Crippen LogP contribution in [-0.2, 0) is 27.2 Å². The van der Waals surface area contributed by atoms with E-state index >= 15 is 0 Å². The van der Waals surface area contributed by atoms with Gasteiger partial charge in [0.15, 0.2) is 0 Å². The standard InChI is InChI=1S/C27H45FN4O4/c1-19-14-20-9-10-21(30-25(20)29-17-19)8-6-7-12-32(18-22(16-28)36-5)13-11-23(26(34)35)31-24(33)15-27(2,3)4/h9-10,19,22-23H,6-8,11-18H2,1-5H3,(H,29,30)(H,31,33)(H,34,35). The number of halogens is 1. The van der Waals surface area contributed by atoms with Gasteiger partial charge in [0.25, 0.3) is 0 Å². The molecule has 2 rings (SSSR count). The minimum atomic E-state index is -1.06. The number of aromatic nitrogens is 1. The van der Waals surface area contributed by atoms with Crippen LogP contribution in [0.4, 0.5) is 10.2 Å². The summed E-state index contributed by atoms with van der Waals surface area (Å²) < 4.78 is 18.5. The first-order valence-corrected chi connectivity index (χ1v) is 13.1. The number of hydrogen-bond acceptors (Lipinski definition) is 6. The molecule has 2 heterocycles. The number of nitrogens with zero attached hydrogens (tertiary/aromatic N) is 2. The molecule has 3 N–H and O–H groups in total. The van der Waals surface area contributed by atoms with E-state index in [0.717, 1.165) is 43.7 Å². The highest BCUT2D eigenvalue weighted by Gasteiger charge is 2.24. The Labute approximate surface area is 215 Å². The van der Waals surface area contributed by atoms with Gasteiger partial charge in [-0.2, -0.15) is 0 Å². The van der Waals surface area contributed by atoms with Crippen LogP contribution in [0, 0.1) is 11.3 Å². The molecule has 3 atom stereocenters. The first kappa shape index (κ1) is 30.0. The average Bonchev–Trinajstić information content (AvgIpc) is 2.80. The molecule has 8 nitrogen and oxygen atoms in total. The SMILES string of the molecule is COC(CF)CN(CCCCc1ccc2c(n1)NCC(C)C2)CCC(NC(=O)CC(C)(C)C)C(=O)O. The normalized spacial score (nSPS) is 17.2. The number of hydrogen-bond donors (Lipinski definition) is 3. The number of nitrogens with one attached hydrogen (secondary N) is 2. The Morgan fingerprint density at radius 1 is 1.31 bits per heavy atom. The molecule has 0 bridgehead atoms. The second-order valence-electron chi connectivity index (χ2n) is 11.3. The number of carbonyl (C=O) groups excluding carboxylic acids is 1. The number of amides is 1. The van der Waals surface area contributed by atoms with Crippen LogP contribution >= 0.6 is 0 Å². The highest BCUT2D eigenvalue weighted by molar-refractivity contribution is 5.83. The number of methoxy groups -OCH3 is 1. The van der Waals surface area contributed by atoms with Gasteiger partial charge < -0.3 is 25.4 Å². The van der Waals surface area contributed by atoms with Crippen LogP contribution in [0.2, 0.25) is 0 Å². The van der Waals surface area contributed by atoms with Crippen LogP contribution < -0.4 is 10.6 Å². The van der Waals surface area contributed by atoms with E-state index < -0.39 is 24.8 Å². The number of alkyl halides is 1. The summed E-state index contributed by atoms with van der Waals surface area (Å²) >= 11 is 0. The molecule has 1 aromatic rings. The summed E-state index contributed by atoms with van der Waals surface area (Å²) in [6.07, 6.45) is 3.59. The van der Waals surface area contributed by atoms with E-state index in [1.54, 1.807) is 0 Å². The molecule has 1 aliphatic heterocycles. The van der Waals surface area contributed by atoms with Crippen molar-refractivity contribution < 1.29 is 23.8 Å². The number of anilines is 1. The minimum Gasteiger partial charge on any atom is -0.480 e. The number of carboxylic acids is 1. The van der Waals surface area contributed by atoms with E-state index in [2.05, 4.69) is 29.7 Å². The van der Waals surface area contributed by atoms with E-state index in [9.17, 15) is 19.1 Å². The van der Waals surface area contributed by atoms with E-state index in [1.807, 2.05) is 25.7 Å². The van der Waals surface area contributed by atoms with Crippen LogP contribution in [0.5, 0.6) is 0 Å². The number of carbonyl (C=O) groups is 2. The van der Waals surface area contributed by atoms with E-state index in [-0.39, 0.29) is 24.2 Å². The van der Waals surface area contributed by atoms with Crippen molar-refractivity contribution in [3.05, 3.63) is 23.4 Å². The molecule has 36 heavy (non-hydrogen) atoms. The molecular weight excluding hydrogens is 463 g/mol. The second-order valence-corrected chi connectivity index (χ2v) is 11.3. The topological polar surface area (TPSA) is 104 Å². The fraction of sp³-hybridized carbons (Fsp3) is 0.741. The molecular formula is C27H45FN4O4. The van der Waals surface area contributed by atoms with Crippen LogP contribution in [0.3, 0.4) is 0 Å². The Kier molecular flexibility index (Phi) is 12.0. The van der Waals surface area contributed by atoms with Gasteiger partial charge in [-0.1, -0.05) is 33.8 Å². The molecule has 0 fully saturated rings. The third kappa shape index (κ3) is 10.8. The van der Waals surface area contributed by atoms with Crippen LogP contribution in [0.25, 0.3) is 0 Å². The van der Waals surface area contributed by atoms with Crippen molar-refractivity contribution >= 4 is 17.7 Å². The van der Waals surface area contributed by atoms with Crippen molar-refractivity contribution in [2.75, 3.05) is 45.3 Å². The summed E-state index contributed by atoms with van der Waals surface area (Å²) in [5, 5.41) is 15.7. The summed E-state index contributed by atoms with van der Waals surface area (Å²) in [6, 6.07) is 3.28. The molecule has 1 aromatic heterocycles. The lowest BCUT2D eigenvalue weighted by Gasteiger charge is -2.27. The second kappa shape index (κ2) is 14.5. The van der Waals surface area contributed by atoms with Crippen molar-refractivity contribution in [1.29, 1.82) is 0 Å². The smallest absolute Gasteiger partial charge is 0.326 e. The predicted octanol–water partition coefficient (Wildman–Crippen LogP) is 3.69. The van der Waals surface area contributed by atoms with Gasteiger partial charge in [-0.05, 0) is 61.6 Å². The maximum Gasteiger partial charge on any atom is 0.326 e. The molecule has 0 aromatic carbocycles. The Morgan fingerprint density at radius 3 is 2.69 bits per heavy atom. The number of rotatable bonds is 15. The maximum absolute atomic E-state index is 13.3. The fourth-order valence-electron chi connectivity index (χ4n) is 4.41. The zero-order valence-electron chi connectivity index (χ0n) is 22.6. The molecule has 0 saturated heterocycles. The van der Waals surface area contributed by atoms with E-state index in [1.165, 1.54) is 12.7 Å². The Hall–Kier alpha value is -2.26. The molecule has 0 radical (unpaired) electrons. The van der Waals surface area contributed by atoms with Gasteiger partial charge in [-0.3, -0.25) is 4.79 Å². The third-order valence-electron chi connectivity index (χ3n) is 6.41. The lowest BCUT2D eigenvalue weighted by atomic mass is 9.92. The third-order valence-corrected chi connectivity index (χ3v) is 6.41. The Morgan fingerprint density at radius 2 is 2.06 bits per heavy atom. The average molecular weight is 509 g/mol. The first-order valence-electron chi connectivity index (χ1n) is 13.1. The number of aliphatic carboxylic acids is 1. The number of pyridine rings is 1. The zero-order valence-corrected chi connectivity index (χ0v) is 22.6. The highest BCUT2D eigenvalue weighted by atomic mass is 19.1. The first-order chi connectivity index (χ1) is 17.0. The summed E-state index contributed by atoms with van der Waals surface area (Å²) in [7, 11) is 1.48.